The first-order chi connectivity index (χ1) is 25.4. The summed E-state index contributed by atoms with van der Waals surface area (Å²) in [4.78, 5) is 2.59. The molecule has 0 aliphatic carbocycles. The molecule has 1 unspecified atom stereocenters. The summed E-state index contributed by atoms with van der Waals surface area (Å²) in [6, 6.07) is 29.2. The van der Waals surface area contributed by atoms with Crippen LogP contribution in [0.15, 0.2) is 96.6 Å². The number of allylic oxidation sites excluding steroid dienone is 3. The van der Waals surface area contributed by atoms with Gasteiger partial charge in [-0.15, -0.1) is 0 Å². The highest BCUT2D eigenvalue weighted by atomic mass is 15.2. The predicted octanol–water partition coefficient (Wildman–Crippen LogP) is 12.6. The second-order valence-electron chi connectivity index (χ2n) is 21.7. The highest BCUT2D eigenvalue weighted by Crippen LogP contribution is 2.43. The molecule has 0 amide bonds. The summed E-state index contributed by atoms with van der Waals surface area (Å²) in [5.74, 6) is 0.337. The minimum Gasteiger partial charge on any atom is -0.382 e. The number of anilines is 4. The second kappa shape index (κ2) is 14.2. The number of hydrogen-bond donors (Lipinski definition) is 1. The van der Waals surface area contributed by atoms with Crippen molar-refractivity contribution in [3.05, 3.63) is 124 Å². The van der Waals surface area contributed by atoms with Crippen molar-refractivity contribution >= 4 is 45.9 Å². The van der Waals surface area contributed by atoms with Gasteiger partial charge in [-0.3, -0.25) is 0 Å². The van der Waals surface area contributed by atoms with Gasteiger partial charge in [0.05, 0.1) is 0 Å². The molecule has 2 heterocycles. The molecule has 0 aromatic heterocycles. The van der Waals surface area contributed by atoms with Crippen LogP contribution in [0.4, 0.5) is 22.7 Å². The number of nitrogens with zero attached hydrogens (tertiary/aromatic N) is 1. The van der Waals surface area contributed by atoms with Crippen molar-refractivity contribution in [2.45, 2.75) is 145 Å². The maximum Gasteiger partial charge on any atom is 0.249 e. The van der Waals surface area contributed by atoms with Crippen molar-refractivity contribution in [3.63, 3.8) is 0 Å². The van der Waals surface area contributed by atoms with Crippen LogP contribution in [0.5, 0.6) is 0 Å². The largest absolute Gasteiger partial charge is 0.382 e. The SMILES string of the molecule is CC1C/C=C(C(C)(C)C)\C=C/CNc2cc(C(C)(C)C)cc3c2B(c2cc(C(C)(C)C)ccc21)c1ccc(C(C)(C)C)cc1N3c1ccc(C(C)(C)C)cc1. The summed E-state index contributed by atoms with van der Waals surface area (Å²) in [6.07, 6.45) is 8.20. The monoisotopic (exact) mass is 733 g/mol. The zero-order valence-electron chi connectivity index (χ0n) is 37.2. The van der Waals surface area contributed by atoms with E-state index in [1.54, 1.807) is 0 Å². The Morgan fingerprint density at radius 3 is 1.69 bits per heavy atom. The molecule has 0 saturated carbocycles. The van der Waals surface area contributed by atoms with Crippen LogP contribution in [-0.2, 0) is 21.7 Å². The Hall–Kier alpha value is -3.98. The van der Waals surface area contributed by atoms with E-state index in [0.717, 1.165) is 13.0 Å². The second-order valence-corrected chi connectivity index (χ2v) is 21.7. The van der Waals surface area contributed by atoms with Gasteiger partial charge >= 0.3 is 0 Å². The zero-order chi connectivity index (χ0) is 40.5. The first-order valence-electron chi connectivity index (χ1n) is 20.8. The van der Waals surface area contributed by atoms with Crippen molar-refractivity contribution in [1.82, 2.24) is 0 Å². The third-order valence-electron chi connectivity index (χ3n) is 12.1. The van der Waals surface area contributed by atoms with Crippen molar-refractivity contribution in [2.24, 2.45) is 5.41 Å². The maximum atomic E-state index is 4.04. The molecule has 4 aromatic rings. The Labute approximate surface area is 336 Å². The summed E-state index contributed by atoms with van der Waals surface area (Å²) in [7, 11) is 0. The van der Waals surface area contributed by atoms with E-state index in [2.05, 4.69) is 212 Å². The quantitative estimate of drug-likeness (QED) is 0.173. The average Bonchev–Trinajstić information content (AvgIpc) is 3.08. The molecule has 1 atom stereocenters. The van der Waals surface area contributed by atoms with Gasteiger partial charge in [0.15, 0.2) is 0 Å². The van der Waals surface area contributed by atoms with Gasteiger partial charge in [-0.1, -0.05) is 177 Å². The summed E-state index contributed by atoms with van der Waals surface area (Å²) in [5, 5.41) is 4.04. The Morgan fingerprint density at radius 2 is 1.11 bits per heavy atom. The van der Waals surface area contributed by atoms with Crippen LogP contribution in [0.2, 0.25) is 0 Å². The minimum absolute atomic E-state index is 0.00293. The van der Waals surface area contributed by atoms with Gasteiger partial charge in [0.1, 0.15) is 0 Å². The molecule has 0 bridgehead atoms. The number of rotatable bonds is 1. The lowest BCUT2D eigenvalue weighted by atomic mass is 9.33. The molecule has 0 radical (unpaired) electrons. The van der Waals surface area contributed by atoms with E-state index in [1.165, 1.54) is 72.5 Å². The van der Waals surface area contributed by atoms with Gasteiger partial charge in [-0.2, -0.15) is 0 Å². The van der Waals surface area contributed by atoms with Gasteiger partial charge < -0.3 is 10.2 Å². The van der Waals surface area contributed by atoms with E-state index in [1.807, 2.05) is 0 Å². The molecular formula is C52H69BN2. The summed E-state index contributed by atoms with van der Waals surface area (Å²) < 4.78 is 0. The fourth-order valence-corrected chi connectivity index (χ4v) is 8.30. The van der Waals surface area contributed by atoms with Gasteiger partial charge in [0, 0.05) is 29.3 Å². The van der Waals surface area contributed by atoms with E-state index < -0.39 is 0 Å². The van der Waals surface area contributed by atoms with Crippen LogP contribution < -0.4 is 26.6 Å². The van der Waals surface area contributed by atoms with Gasteiger partial charge in [0.2, 0.25) is 6.71 Å². The molecule has 0 spiro atoms. The Morgan fingerprint density at radius 1 is 0.564 bits per heavy atom. The highest BCUT2D eigenvalue weighted by molar-refractivity contribution is 6.99. The highest BCUT2D eigenvalue weighted by Gasteiger charge is 2.41. The molecule has 3 heteroatoms. The fraction of sp³-hybridized carbons (Fsp3) is 0.462. The first-order valence-corrected chi connectivity index (χ1v) is 20.8. The zero-order valence-corrected chi connectivity index (χ0v) is 37.2. The van der Waals surface area contributed by atoms with E-state index in [-0.39, 0.29) is 33.8 Å². The van der Waals surface area contributed by atoms with Crippen molar-refractivity contribution in [2.75, 3.05) is 16.8 Å². The molecular weight excluding hydrogens is 663 g/mol. The molecule has 0 saturated heterocycles. The van der Waals surface area contributed by atoms with Crippen LogP contribution in [0, 0.1) is 5.41 Å². The molecule has 290 valence electrons. The third-order valence-corrected chi connectivity index (χ3v) is 12.1. The summed E-state index contributed by atoms with van der Waals surface area (Å²) in [5.41, 5.74) is 17.5. The number of nitrogens with one attached hydrogen (secondary N) is 1. The molecule has 1 N–H and O–H groups in total. The Kier molecular flexibility index (Phi) is 10.5. The molecule has 4 aromatic carbocycles. The molecule has 2 aliphatic rings. The van der Waals surface area contributed by atoms with Crippen LogP contribution in [-0.4, -0.2) is 13.3 Å². The summed E-state index contributed by atoms with van der Waals surface area (Å²) in [6.45, 7) is 38.3. The maximum absolute atomic E-state index is 4.04. The van der Waals surface area contributed by atoms with Gasteiger partial charge in [-0.05, 0) is 114 Å². The summed E-state index contributed by atoms with van der Waals surface area (Å²) >= 11 is 0. The smallest absolute Gasteiger partial charge is 0.249 e. The topological polar surface area (TPSA) is 15.3 Å². The normalized spacial score (nSPS) is 18.4. The standard InChI is InChI=1S/C52H69BN2/c1-34-19-20-35(48(2,3)4)18-17-29-54-44-31-39(52(14,15)16)33-46-47(44)53(43-30-37(50(8,9)10)23-27-41(34)43)42-28-24-38(51(11,12)13)32-45(42)55(46)40-25-21-36(22-26-40)49(5,6)7/h17-18,20-28,30-34,54H,19,29H2,1-16H3/b18-17-,35-20+. The van der Waals surface area contributed by atoms with E-state index in [9.17, 15) is 0 Å². The minimum atomic E-state index is -0.0526. The van der Waals surface area contributed by atoms with Crippen LogP contribution in [0.25, 0.3) is 0 Å². The fourth-order valence-electron chi connectivity index (χ4n) is 8.30. The molecule has 55 heavy (non-hydrogen) atoms. The predicted molar refractivity (Wildman–Crippen MR) is 245 cm³/mol. The van der Waals surface area contributed by atoms with Crippen molar-refractivity contribution in [1.29, 1.82) is 0 Å². The molecule has 2 nitrogen and oxygen atoms in total. The lowest BCUT2D eigenvalue weighted by Crippen LogP contribution is -2.59. The first kappa shape index (κ1) is 40.7. The van der Waals surface area contributed by atoms with Crippen LogP contribution in [0.3, 0.4) is 0 Å². The van der Waals surface area contributed by atoms with E-state index >= 15 is 0 Å². The third kappa shape index (κ3) is 8.28. The Bertz CT molecular complexity index is 2110. The Balaban J connectivity index is 1.78. The lowest BCUT2D eigenvalue weighted by molar-refractivity contribution is 0.513. The number of benzene rings is 4. The van der Waals surface area contributed by atoms with Crippen LogP contribution in [0.1, 0.15) is 151 Å². The molecule has 0 fully saturated rings. The lowest BCUT2D eigenvalue weighted by Gasteiger charge is -2.41. The van der Waals surface area contributed by atoms with Gasteiger partial charge in [-0.25, -0.2) is 0 Å². The van der Waals surface area contributed by atoms with Crippen molar-refractivity contribution in [3.8, 4) is 0 Å². The van der Waals surface area contributed by atoms with Crippen LogP contribution >= 0.6 is 0 Å². The van der Waals surface area contributed by atoms with Gasteiger partial charge in [0.25, 0.3) is 0 Å². The molecule has 6 rings (SSSR count). The van der Waals surface area contributed by atoms with Crippen molar-refractivity contribution < 1.29 is 0 Å². The van der Waals surface area contributed by atoms with E-state index in [0.29, 0.717) is 5.92 Å². The number of hydrogen-bond acceptors (Lipinski definition) is 2. The molecule has 2 aliphatic heterocycles. The number of fused-ring (bicyclic) bond motifs is 4. The van der Waals surface area contributed by atoms with E-state index in [4.69, 9.17) is 0 Å². The average molecular weight is 733 g/mol.